The highest BCUT2D eigenvalue weighted by atomic mass is 32.2. The molecule has 0 spiro atoms. The van der Waals surface area contributed by atoms with E-state index in [0.717, 1.165) is 61.6 Å². The van der Waals surface area contributed by atoms with Crippen LogP contribution in [0.1, 0.15) is 78.2 Å². The fourth-order valence-corrected chi connectivity index (χ4v) is 5.51. The summed E-state index contributed by atoms with van der Waals surface area (Å²) in [5.74, 6) is 3.18. The third-order valence-electron chi connectivity index (χ3n) is 6.44. The van der Waals surface area contributed by atoms with E-state index in [0.29, 0.717) is 18.9 Å². The molecule has 1 atom stereocenters. The molecule has 1 saturated heterocycles. The van der Waals surface area contributed by atoms with Gasteiger partial charge in [-0.1, -0.05) is 31.9 Å². The molecule has 1 amide bonds. The van der Waals surface area contributed by atoms with Crippen LogP contribution in [0, 0.1) is 11.8 Å². The van der Waals surface area contributed by atoms with Crippen molar-refractivity contribution < 1.29 is 23.8 Å². The summed E-state index contributed by atoms with van der Waals surface area (Å²) in [6.45, 7) is 10.2. The monoisotopic (exact) mass is 521 g/mol. The van der Waals surface area contributed by atoms with Crippen LogP contribution in [0.2, 0.25) is 0 Å². The molecule has 6 nitrogen and oxygen atoms in total. The number of likely N-dealkylation sites (tertiary alicyclic amines) is 1. The van der Waals surface area contributed by atoms with E-state index in [1.54, 1.807) is 0 Å². The van der Waals surface area contributed by atoms with E-state index in [-0.39, 0.29) is 18.0 Å². The summed E-state index contributed by atoms with van der Waals surface area (Å²) in [5, 5.41) is 0. The molecule has 0 radical (unpaired) electrons. The standard InChI is InChI=1S/C29H47NO5S/c1-6-7-20-36-22-25(27(31)33-5)21-24-11-13-26(14-12-24)34-19-9-8-10-23-15-17-30(18-16-23)28(32)35-29(2,3)4/h11-14,23,25H,6-10,15-22H2,1-5H3. The number of thioether (sulfide) groups is 1. The van der Waals surface area contributed by atoms with Gasteiger partial charge in [-0.25, -0.2) is 4.79 Å². The second-order valence-electron chi connectivity index (χ2n) is 10.8. The number of carbonyl (C=O) groups is 2. The largest absolute Gasteiger partial charge is 0.494 e. The second kappa shape index (κ2) is 16.1. The van der Waals surface area contributed by atoms with Crippen LogP contribution in [0.5, 0.6) is 5.75 Å². The van der Waals surface area contributed by atoms with Gasteiger partial charge in [0.15, 0.2) is 0 Å². The SMILES string of the molecule is CCCCSCC(Cc1ccc(OCCCCC2CCN(C(=O)OC(C)(C)C)CC2)cc1)C(=O)OC. The molecule has 36 heavy (non-hydrogen) atoms. The van der Waals surface area contributed by atoms with E-state index in [9.17, 15) is 9.59 Å². The Labute approximate surface area is 222 Å². The average Bonchev–Trinajstić information content (AvgIpc) is 2.85. The number of unbranched alkanes of at least 4 members (excludes halogenated alkanes) is 2. The van der Waals surface area contributed by atoms with Gasteiger partial charge in [0, 0.05) is 18.8 Å². The van der Waals surface area contributed by atoms with Crippen molar-refractivity contribution in [2.45, 2.75) is 84.7 Å². The highest BCUT2D eigenvalue weighted by molar-refractivity contribution is 7.99. The maximum atomic E-state index is 12.2. The summed E-state index contributed by atoms with van der Waals surface area (Å²) in [5.41, 5.74) is 0.693. The number of methoxy groups -OCH3 is 1. The number of hydrogen-bond donors (Lipinski definition) is 0. The summed E-state index contributed by atoms with van der Waals surface area (Å²) in [7, 11) is 1.47. The fraction of sp³-hybridized carbons (Fsp3) is 0.724. The van der Waals surface area contributed by atoms with E-state index < -0.39 is 5.60 Å². The summed E-state index contributed by atoms with van der Waals surface area (Å²) >= 11 is 1.83. The van der Waals surface area contributed by atoms with E-state index in [2.05, 4.69) is 19.1 Å². The molecule has 1 fully saturated rings. The molecule has 1 aromatic carbocycles. The van der Waals surface area contributed by atoms with Gasteiger partial charge < -0.3 is 19.1 Å². The van der Waals surface area contributed by atoms with E-state index in [1.165, 1.54) is 26.4 Å². The highest BCUT2D eigenvalue weighted by Gasteiger charge is 2.26. The van der Waals surface area contributed by atoms with Crippen LogP contribution >= 0.6 is 11.8 Å². The topological polar surface area (TPSA) is 65.1 Å². The summed E-state index contributed by atoms with van der Waals surface area (Å²) in [6.07, 6.45) is 8.28. The zero-order chi connectivity index (χ0) is 26.4. The Hall–Kier alpha value is -1.89. The Morgan fingerprint density at radius 1 is 1.08 bits per heavy atom. The van der Waals surface area contributed by atoms with Crippen molar-refractivity contribution in [3.63, 3.8) is 0 Å². The lowest BCUT2D eigenvalue weighted by molar-refractivity contribution is -0.144. The quantitative estimate of drug-likeness (QED) is 0.199. The van der Waals surface area contributed by atoms with Crippen LogP contribution in [0.15, 0.2) is 24.3 Å². The predicted octanol–water partition coefficient (Wildman–Crippen LogP) is 6.75. The predicted molar refractivity (Wildman–Crippen MR) is 148 cm³/mol. The number of carbonyl (C=O) groups excluding carboxylic acids is 2. The van der Waals surface area contributed by atoms with Gasteiger partial charge in [-0.3, -0.25) is 4.79 Å². The van der Waals surface area contributed by atoms with E-state index >= 15 is 0 Å². The van der Waals surface area contributed by atoms with Gasteiger partial charge in [0.25, 0.3) is 0 Å². The van der Waals surface area contributed by atoms with Crippen LogP contribution in [-0.4, -0.2) is 60.9 Å². The first-order valence-electron chi connectivity index (χ1n) is 13.6. The third kappa shape index (κ3) is 11.9. The number of nitrogens with zero attached hydrogens (tertiary/aromatic N) is 1. The molecule has 0 N–H and O–H groups in total. The van der Waals surface area contributed by atoms with Crippen molar-refractivity contribution >= 4 is 23.8 Å². The van der Waals surface area contributed by atoms with Crippen molar-refractivity contribution in [3.8, 4) is 5.75 Å². The average molecular weight is 522 g/mol. The van der Waals surface area contributed by atoms with Gasteiger partial charge >= 0.3 is 12.1 Å². The first-order chi connectivity index (χ1) is 17.2. The van der Waals surface area contributed by atoms with Crippen LogP contribution < -0.4 is 4.74 Å². The maximum absolute atomic E-state index is 12.2. The molecule has 204 valence electrons. The Morgan fingerprint density at radius 2 is 1.78 bits per heavy atom. The molecule has 0 aliphatic carbocycles. The van der Waals surface area contributed by atoms with E-state index in [4.69, 9.17) is 14.2 Å². The molecular weight excluding hydrogens is 474 g/mol. The molecule has 1 heterocycles. The highest BCUT2D eigenvalue weighted by Crippen LogP contribution is 2.24. The molecular formula is C29H47NO5S. The minimum Gasteiger partial charge on any atom is -0.494 e. The number of ether oxygens (including phenoxy) is 3. The number of benzene rings is 1. The van der Waals surface area contributed by atoms with Gasteiger partial charge in [0.05, 0.1) is 19.6 Å². The molecule has 0 aromatic heterocycles. The van der Waals surface area contributed by atoms with Crippen LogP contribution in [0.25, 0.3) is 0 Å². The molecule has 1 aliphatic rings. The minimum atomic E-state index is -0.438. The van der Waals surface area contributed by atoms with Gasteiger partial charge in [-0.2, -0.15) is 11.8 Å². The lowest BCUT2D eigenvalue weighted by Gasteiger charge is -2.33. The minimum absolute atomic E-state index is 0.111. The molecule has 7 heteroatoms. The van der Waals surface area contributed by atoms with Gasteiger partial charge in [0.2, 0.25) is 0 Å². The Morgan fingerprint density at radius 3 is 2.39 bits per heavy atom. The lowest BCUT2D eigenvalue weighted by atomic mass is 9.92. The van der Waals surface area contributed by atoms with Crippen molar-refractivity contribution in [1.82, 2.24) is 4.90 Å². The normalized spacial score (nSPS) is 15.4. The maximum Gasteiger partial charge on any atom is 0.410 e. The summed E-state index contributed by atoms with van der Waals surface area (Å²) in [4.78, 5) is 26.2. The van der Waals surface area contributed by atoms with Crippen molar-refractivity contribution in [2.75, 3.05) is 38.3 Å². The third-order valence-corrected chi connectivity index (χ3v) is 7.66. The zero-order valence-electron chi connectivity index (χ0n) is 23.1. The number of amides is 1. The van der Waals surface area contributed by atoms with E-state index in [1.807, 2.05) is 49.6 Å². The number of esters is 1. The summed E-state index contributed by atoms with van der Waals surface area (Å²) < 4.78 is 16.4. The van der Waals surface area contributed by atoms with Crippen molar-refractivity contribution in [3.05, 3.63) is 29.8 Å². The Bertz CT molecular complexity index is 769. The molecule has 1 aromatic rings. The Kier molecular flexibility index (Phi) is 13.5. The van der Waals surface area contributed by atoms with Crippen LogP contribution in [0.4, 0.5) is 4.79 Å². The lowest BCUT2D eigenvalue weighted by Crippen LogP contribution is -2.41. The molecule has 2 rings (SSSR count). The smallest absolute Gasteiger partial charge is 0.410 e. The fourth-order valence-electron chi connectivity index (χ4n) is 4.31. The molecule has 0 bridgehead atoms. The molecule has 1 aliphatic heterocycles. The van der Waals surface area contributed by atoms with Gasteiger partial charge in [0.1, 0.15) is 11.4 Å². The number of rotatable bonds is 14. The van der Waals surface area contributed by atoms with Gasteiger partial charge in [-0.15, -0.1) is 0 Å². The summed E-state index contributed by atoms with van der Waals surface area (Å²) in [6, 6.07) is 8.11. The molecule has 0 saturated carbocycles. The van der Waals surface area contributed by atoms with Crippen molar-refractivity contribution in [1.29, 1.82) is 0 Å². The molecule has 1 unspecified atom stereocenters. The van der Waals surface area contributed by atoms with Gasteiger partial charge in [-0.05, 0) is 88.7 Å². The van der Waals surface area contributed by atoms with Crippen molar-refractivity contribution in [2.24, 2.45) is 11.8 Å². The first kappa shape index (κ1) is 30.3. The second-order valence-corrected chi connectivity index (χ2v) is 11.9. The zero-order valence-corrected chi connectivity index (χ0v) is 23.9. The first-order valence-corrected chi connectivity index (χ1v) is 14.7. The number of piperidine rings is 1. The number of hydrogen-bond acceptors (Lipinski definition) is 6. The Balaban J connectivity index is 1.63. The van der Waals surface area contributed by atoms with Crippen LogP contribution in [-0.2, 0) is 20.7 Å². The van der Waals surface area contributed by atoms with Crippen LogP contribution in [0.3, 0.4) is 0 Å².